The molecule has 1 fully saturated rings. The number of aromatic nitrogens is 1. The van der Waals surface area contributed by atoms with Crippen molar-refractivity contribution in [3.63, 3.8) is 0 Å². The quantitative estimate of drug-likeness (QED) is 0.858. The van der Waals surface area contributed by atoms with Crippen LogP contribution in [0.5, 0.6) is 0 Å². The zero-order valence-electron chi connectivity index (χ0n) is 11.2. The Bertz CT molecular complexity index is 513. The lowest BCUT2D eigenvalue weighted by molar-refractivity contribution is 0.149. The van der Waals surface area contributed by atoms with Crippen LogP contribution >= 0.6 is 0 Å². The number of aromatic amines is 1. The van der Waals surface area contributed by atoms with E-state index in [4.69, 9.17) is 0 Å². The molecule has 1 aromatic carbocycles. The molecule has 2 nitrogen and oxygen atoms in total. The third kappa shape index (κ3) is 2.17. The highest BCUT2D eigenvalue weighted by atomic mass is 15.2. The van der Waals surface area contributed by atoms with Gasteiger partial charge in [0.2, 0.25) is 0 Å². The average molecular weight is 242 g/mol. The topological polar surface area (TPSA) is 19.0 Å². The summed E-state index contributed by atoms with van der Waals surface area (Å²) in [6.45, 7) is 4.78. The van der Waals surface area contributed by atoms with E-state index in [0.29, 0.717) is 6.04 Å². The second-order valence-electron chi connectivity index (χ2n) is 5.37. The summed E-state index contributed by atoms with van der Waals surface area (Å²) in [7, 11) is 0. The minimum atomic E-state index is 0.637. The summed E-state index contributed by atoms with van der Waals surface area (Å²) in [5.41, 5.74) is 2.74. The summed E-state index contributed by atoms with van der Waals surface area (Å²) in [5.74, 6) is 0. The number of likely N-dealkylation sites (tertiary alicyclic amines) is 1. The number of hydrogen-bond donors (Lipinski definition) is 1. The Morgan fingerprint density at radius 2 is 2.22 bits per heavy atom. The lowest BCUT2D eigenvalue weighted by Gasteiger charge is -2.36. The molecule has 2 heterocycles. The SMILES string of the molecule is CCCN1CCCC[C@@H]1c1ccc2[nH]ccc2c1. The number of benzene rings is 1. The molecular weight excluding hydrogens is 220 g/mol. The highest BCUT2D eigenvalue weighted by Gasteiger charge is 2.23. The first-order valence-electron chi connectivity index (χ1n) is 7.19. The first-order valence-corrected chi connectivity index (χ1v) is 7.19. The van der Waals surface area contributed by atoms with Crippen LogP contribution in [-0.4, -0.2) is 23.0 Å². The maximum Gasteiger partial charge on any atom is 0.0454 e. The van der Waals surface area contributed by atoms with Gasteiger partial charge in [-0.05, 0) is 61.5 Å². The standard InChI is InChI=1S/C16H22N2/c1-2-10-18-11-4-3-5-16(18)14-6-7-15-13(12-14)8-9-17-15/h6-9,12,16-17H,2-5,10-11H2,1H3/t16-/m1/s1. The summed E-state index contributed by atoms with van der Waals surface area (Å²) >= 11 is 0. The summed E-state index contributed by atoms with van der Waals surface area (Å²) in [6.07, 6.45) is 7.33. The van der Waals surface area contributed by atoms with Crippen molar-refractivity contribution < 1.29 is 0 Å². The summed E-state index contributed by atoms with van der Waals surface area (Å²) in [4.78, 5) is 5.94. The highest BCUT2D eigenvalue weighted by molar-refractivity contribution is 5.80. The van der Waals surface area contributed by atoms with Gasteiger partial charge in [-0.3, -0.25) is 4.90 Å². The van der Waals surface area contributed by atoms with Gasteiger partial charge in [0.15, 0.2) is 0 Å². The highest BCUT2D eigenvalue weighted by Crippen LogP contribution is 2.32. The first kappa shape index (κ1) is 11.8. The fourth-order valence-corrected chi connectivity index (χ4v) is 3.20. The minimum Gasteiger partial charge on any atom is -0.361 e. The second-order valence-corrected chi connectivity index (χ2v) is 5.37. The van der Waals surface area contributed by atoms with Crippen LogP contribution in [0.3, 0.4) is 0 Å². The summed E-state index contributed by atoms with van der Waals surface area (Å²) < 4.78 is 0. The summed E-state index contributed by atoms with van der Waals surface area (Å²) in [6, 6.07) is 9.70. The van der Waals surface area contributed by atoms with Gasteiger partial charge >= 0.3 is 0 Å². The van der Waals surface area contributed by atoms with E-state index < -0.39 is 0 Å². The molecule has 2 aromatic rings. The molecule has 0 bridgehead atoms. The van der Waals surface area contributed by atoms with E-state index in [-0.39, 0.29) is 0 Å². The molecule has 1 saturated heterocycles. The monoisotopic (exact) mass is 242 g/mol. The maximum absolute atomic E-state index is 3.27. The number of fused-ring (bicyclic) bond motifs is 1. The third-order valence-electron chi connectivity index (χ3n) is 4.09. The molecule has 96 valence electrons. The molecule has 1 aromatic heterocycles. The van der Waals surface area contributed by atoms with Crippen LogP contribution in [0.4, 0.5) is 0 Å². The van der Waals surface area contributed by atoms with Gasteiger partial charge in [0, 0.05) is 17.8 Å². The van der Waals surface area contributed by atoms with Crippen molar-refractivity contribution in [2.24, 2.45) is 0 Å². The van der Waals surface area contributed by atoms with Gasteiger partial charge in [0.1, 0.15) is 0 Å². The maximum atomic E-state index is 3.27. The summed E-state index contributed by atoms with van der Waals surface area (Å²) in [5, 5.41) is 1.34. The number of nitrogens with one attached hydrogen (secondary N) is 1. The van der Waals surface area contributed by atoms with Gasteiger partial charge in [0.05, 0.1) is 0 Å². The average Bonchev–Trinajstić information content (AvgIpc) is 2.87. The van der Waals surface area contributed by atoms with Crippen LogP contribution in [-0.2, 0) is 0 Å². The lowest BCUT2D eigenvalue weighted by atomic mass is 9.94. The van der Waals surface area contributed by atoms with E-state index in [1.165, 1.54) is 55.2 Å². The van der Waals surface area contributed by atoms with Crippen molar-refractivity contribution in [2.75, 3.05) is 13.1 Å². The number of nitrogens with zero attached hydrogens (tertiary/aromatic N) is 1. The molecular formula is C16H22N2. The predicted molar refractivity (Wildman–Crippen MR) is 76.8 cm³/mol. The van der Waals surface area contributed by atoms with Gasteiger partial charge in [-0.15, -0.1) is 0 Å². The van der Waals surface area contributed by atoms with Gasteiger partial charge in [0.25, 0.3) is 0 Å². The van der Waals surface area contributed by atoms with Crippen molar-refractivity contribution >= 4 is 10.9 Å². The number of H-pyrrole nitrogens is 1. The van der Waals surface area contributed by atoms with Gasteiger partial charge in [-0.1, -0.05) is 19.4 Å². The Hall–Kier alpha value is -1.28. The Morgan fingerprint density at radius 1 is 1.28 bits per heavy atom. The van der Waals surface area contributed by atoms with Gasteiger partial charge in [-0.25, -0.2) is 0 Å². The van der Waals surface area contributed by atoms with Gasteiger partial charge < -0.3 is 4.98 Å². The fraction of sp³-hybridized carbons (Fsp3) is 0.500. The van der Waals surface area contributed by atoms with E-state index in [2.05, 4.69) is 41.1 Å². The first-order chi connectivity index (χ1) is 8.88. The molecule has 0 spiro atoms. The molecule has 0 amide bonds. The molecule has 1 aliphatic heterocycles. The van der Waals surface area contributed by atoms with Crippen LogP contribution in [0.25, 0.3) is 10.9 Å². The van der Waals surface area contributed by atoms with Crippen LogP contribution in [0.15, 0.2) is 30.5 Å². The van der Waals surface area contributed by atoms with Crippen molar-refractivity contribution in [3.05, 3.63) is 36.0 Å². The van der Waals surface area contributed by atoms with E-state index in [0.717, 1.165) is 0 Å². The second kappa shape index (κ2) is 5.15. The molecule has 18 heavy (non-hydrogen) atoms. The Balaban J connectivity index is 1.90. The molecule has 1 atom stereocenters. The smallest absolute Gasteiger partial charge is 0.0454 e. The third-order valence-corrected chi connectivity index (χ3v) is 4.09. The van der Waals surface area contributed by atoms with Crippen molar-refractivity contribution in [2.45, 2.75) is 38.6 Å². The van der Waals surface area contributed by atoms with Crippen molar-refractivity contribution in [1.29, 1.82) is 0 Å². The zero-order valence-corrected chi connectivity index (χ0v) is 11.2. The van der Waals surface area contributed by atoms with E-state index >= 15 is 0 Å². The number of hydrogen-bond acceptors (Lipinski definition) is 1. The predicted octanol–water partition coefficient (Wildman–Crippen LogP) is 4.10. The minimum absolute atomic E-state index is 0.637. The van der Waals surface area contributed by atoms with E-state index in [1.807, 2.05) is 6.20 Å². The van der Waals surface area contributed by atoms with Crippen molar-refractivity contribution in [1.82, 2.24) is 9.88 Å². The lowest BCUT2D eigenvalue weighted by Crippen LogP contribution is -2.33. The largest absolute Gasteiger partial charge is 0.361 e. The molecule has 1 N–H and O–H groups in total. The van der Waals surface area contributed by atoms with E-state index in [9.17, 15) is 0 Å². The fourth-order valence-electron chi connectivity index (χ4n) is 3.20. The zero-order chi connectivity index (χ0) is 12.4. The Morgan fingerprint density at radius 3 is 3.11 bits per heavy atom. The normalized spacial score (nSPS) is 21.5. The molecule has 2 heteroatoms. The molecule has 0 aliphatic carbocycles. The van der Waals surface area contributed by atoms with Crippen molar-refractivity contribution in [3.8, 4) is 0 Å². The van der Waals surface area contributed by atoms with E-state index in [1.54, 1.807) is 0 Å². The molecule has 1 aliphatic rings. The number of piperidine rings is 1. The van der Waals surface area contributed by atoms with Crippen LogP contribution in [0.2, 0.25) is 0 Å². The Labute approximate surface area is 109 Å². The molecule has 0 saturated carbocycles. The molecule has 0 unspecified atom stereocenters. The Kier molecular flexibility index (Phi) is 3.37. The molecule has 0 radical (unpaired) electrons. The van der Waals surface area contributed by atoms with Crippen LogP contribution in [0, 0.1) is 0 Å². The van der Waals surface area contributed by atoms with Crippen LogP contribution in [0.1, 0.15) is 44.2 Å². The number of rotatable bonds is 3. The molecule has 3 rings (SSSR count). The van der Waals surface area contributed by atoms with Gasteiger partial charge in [-0.2, -0.15) is 0 Å². The van der Waals surface area contributed by atoms with Crippen LogP contribution < -0.4 is 0 Å².